The Morgan fingerprint density at radius 2 is 1.80 bits per heavy atom. The van der Waals surface area contributed by atoms with Crippen molar-refractivity contribution in [2.45, 2.75) is 6.18 Å². The van der Waals surface area contributed by atoms with Crippen LogP contribution in [0, 0.1) is 0 Å². The molecule has 0 aliphatic carbocycles. The van der Waals surface area contributed by atoms with Crippen molar-refractivity contribution in [3.63, 3.8) is 0 Å². The molecule has 1 aliphatic heterocycles. The van der Waals surface area contributed by atoms with Crippen LogP contribution < -0.4 is 5.32 Å². The number of rotatable bonds is 5. The molecule has 1 aliphatic rings. The number of imide groups is 1. The topological polar surface area (TPSA) is 67.2 Å². The summed E-state index contributed by atoms with van der Waals surface area (Å²) in [5.41, 5.74) is 0.246. The number of hydrogen-bond acceptors (Lipinski definition) is 4. The van der Waals surface area contributed by atoms with E-state index >= 15 is 0 Å². The zero-order valence-electron chi connectivity index (χ0n) is 15.3. The van der Waals surface area contributed by atoms with Gasteiger partial charge in [0.15, 0.2) is 0 Å². The van der Waals surface area contributed by atoms with E-state index in [0.29, 0.717) is 23.0 Å². The number of halogens is 4. The molecule has 6 nitrogen and oxygen atoms in total. The maximum Gasteiger partial charge on any atom is 0.417 e. The van der Waals surface area contributed by atoms with E-state index in [1.807, 2.05) is 12.1 Å². The summed E-state index contributed by atoms with van der Waals surface area (Å²) in [4.78, 5) is 30.3. The summed E-state index contributed by atoms with van der Waals surface area (Å²) >= 11 is 5.86. The van der Waals surface area contributed by atoms with Gasteiger partial charge in [-0.1, -0.05) is 17.7 Å². The summed E-state index contributed by atoms with van der Waals surface area (Å²) in [6.45, 7) is 0.0684. The standard InChI is InChI=1S/C20H14ClF3N4O2/c21-14-10-12(20(22,23)24)11-26-17(14)25-6-9-28-18(29)13-4-3-5-15(16(13)19(28)30)27-7-1-2-8-27/h1-5,7-8,10-11H,6,9H2,(H,25,26). The van der Waals surface area contributed by atoms with Gasteiger partial charge in [-0.15, -0.1) is 0 Å². The van der Waals surface area contributed by atoms with Gasteiger partial charge < -0.3 is 9.88 Å². The Hall–Kier alpha value is -3.33. The number of hydrogen-bond donors (Lipinski definition) is 1. The quantitative estimate of drug-likeness (QED) is 0.609. The number of aromatic nitrogens is 2. The molecule has 154 valence electrons. The zero-order chi connectivity index (χ0) is 21.5. The Kier molecular flexibility index (Phi) is 4.98. The fraction of sp³-hybridized carbons (Fsp3) is 0.150. The Labute approximate surface area is 173 Å². The monoisotopic (exact) mass is 434 g/mol. The number of anilines is 1. The average molecular weight is 435 g/mol. The number of amides is 2. The Morgan fingerprint density at radius 3 is 2.47 bits per heavy atom. The van der Waals surface area contributed by atoms with Crippen LogP contribution in [-0.2, 0) is 6.18 Å². The third-order valence-corrected chi connectivity index (χ3v) is 4.94. The third-order valence-electron chi connectivity index (χ3n) is 4.66. The van der Waals surface area contributed by atoms with Crippen LogP contribution in [0.2, 0.25) is 5.02 Å². The molecule has 0 radical (unpaired) electrons. The molecule has 2 amide bonds. The minimum absolute atomic E-state index is 0.00348. The van der Waals surface area contributed by atoms with Gasteiger partial charge in [0.05, 0.1) is 27.4 Å². The van der Waals surface area contributed by atoms with Crippen molar-refractivity contribution in [3.8, 4) is 5.69 Å². The predicted octanol–water partition coefficient (Wildman–Crippen LogP) is 4.25. The van der Waals surface area contributed by atoms with E-state index in [4.69, 9.17) is 11.6 Å². The highest BCUT2D eigenvalue weighted by atomic mass is 35.5. The number of alkyl halides is 3. The van der Waals surface area contributed by atoms with Crippen molar-refractivity contribution >= 4 is 29.2 Å². The summed E-state index contributed by atoms with van der Waals surface area (Å²) in [6.07, 6.45) is -0.335. The Bertz CT molecular complexity index is 1130. The van der Waals surface area contributed by atoms with Gasteiger partial charge in [-0.25, -0.2) is 4.98 Å². The van der Waals surface area contributed by atoms with Crippen LogP contribution in [0.4, 0.5) is 19.0 Å². The summed E-state index contributed by atoms with van der Waals surface area (Å²) in [6, 6.07) is 9.42. The maximum atomic E-state index is 12.9. The lowest BCUT2D eigenvalue weighted by molar-refractivity contribution is -0.137. The molecule has 0 saturated carbocycles. The van der Waals surface area contributed by atoms with Gasteiger partial charge in [-0.05, 0) is 30.3 Å². The van der Waals surface area contributed by atoms with Crippen LogP contribution in [0.15, 0.2) is 55.0 Å². The molecule has 10 heteroatoms. The van der Waals surface area contributed by atoms with E-state index in [0.717, 1.165) is 11.0 Å². The van der Waals surface area contributed by atoms with Gasteiger partial charge in [0, 0.05) is 31.7 Å². The largest absolute Gasteiger partial charge is 0.417 e. The molecule has 3 heterocycles. The fourth-order valence-corrected chi connectivity index (χ4v) is 3.47. The number of carbonyl (C=O) groups excluding carboxylic acids is 2. The summed E-state index contributed by atoms with van der Waals surface area (Å²) in [5, 5.41) is 2.56. The van der Waals surface area contributed by atoms with Crippen LogP contribution in [-0.4, -0.2) is 39.4 Å². The number of fused-ring (bicyclic) bond motifs is 1. The first-order chi connectivity index (χ1) is 14.3. The SMILES string of the molecule is O=C1c2cccc(-n3cccc3)c2C(=O)N1CCNc1ncc(C(F)(F)F)cc1Cl. The molecule has 3 aromatic rings. The van der Waals surface area contributed by atoms with Gasteiger partial charge in [0.25, 0.3) is 11.8 Å². The van der Waals surface area contributed by atoms with Gasteiger partial charge in [-0.2, -0.15) is 13.2 Å². The van der Waals surface area contributed by atoms with Gasteiger partial charge in [0.2, 0.25) is 0 Å². The van der Waals surface area contributed by atoms with Crippen LogP contribution in [0.1, 0.15) is 26.3 Å². The molecular weight excluding hydrogens is 421 g/mol. The van der Waals surface area contributed by atoms with Crippen molar-refractivity contribution < 1.29 is 22.8 Å². The van der Waals surface area contributed by atoms with E-state index in [1.54, 1.807) is 35.2 Å². The highest BCUT2D eigenvalue weighted by molar-refractivity contribution is 6.33. The molecule has 0 unspecified atom stereocenters. The Balaban J connectivity index is 1.48. The minimum atomic E-state index is -4.55. The number of benzene rings is 1. The lowest BCUT2D eigenvalue weighted by Gasteiger charge is -2.16. The van der Waals surface area contributed by atoms with E-state index < -0.39 is 23.6 Å². The van der Waals surface area contributed by atoms with Crippen molar-refractivity contribution in [1.82, 2.24) is 14.5 Å². The molecule has 0 fully saturated rings. The summed E-state index contributed by atoms with van der Waals surface area (Å²) in [5.74, 6) is -0.834. The van der Waals surface area contributed by atoms with Crippen molar-refractivity contribution in [2.75, 3.05) is 18.4 Å². The zero-order valence-corrected chi connectivity index (χ0v) is 16.0. The van der Waals surface area contributed by atoms with Crippen LogP contribution in [0.3, 0.4) is 0 Å². The minimum Gasteiger partial charge on any atom is -0.367 e. The highest BCUT2D eigenvalue weighted by Gasteiger charge is 2.37. The Morgan fingerprint density at radius 1 is 1.07 bits per heavy atom. The summed E-state index contributed by atoms with van der Waals surface area (Å²) < 4.78 is 39.9. The van der Waals surface area contributed by atoms with Crippen molar-refractivity contribution in [2.24, 2.45) is 0 Å². The molecule has 0 saturated heterocycles. The number of carbonyl (C=O) groups is 2. The summed E-state index contributed by atoms with van der Waals surface area (Å²) in [7, 11) is 0. The molecule has 4 rings (SSSR count). The second kappa shape index (κ2) is 7.49. The maximum absolute atomic E-state index is 12.9. The molecule has 1 N–H and O–H groups in total. The molecule has 0 atom stereocenters. The predicted molar refractivity (Wildman–Crippen MR) is 104 cm³/mol. The van der Waals surface area contributed by atoms with Crippen molar-refractivity contribution in [1.29, 1.82) is 0 Å². The van der Waals surface area contributed by atoms with Gasteiger partial charge in [-0.3, -0.25) is 14.5 Å². The fourth-order valence-electron chi connectivity index (χ4n) is 3.24. The van der Waals surface area contributed by atoms with Gasteiger partial charge in [0.1, 0.15) is 5.82 Å². The van der Waals surface area contributed by atoms with E-state index in [9.17, 15) is 22.8 Å². The first-order valence-electron chi connectivity index (χ1n) is 8.86. The first kappa shape index (κ1) is 20.0. The lowest BCUT2D eigenvalue weighted by Crippen LogP contribution is -2.34. The normalized spacial score (nSPS) is 13.7. The molecule has 0 bridgehead atoms. The second-order valence-corrected chi connectivity index (χ2v) is 6.94. The highest BCUT2D eigenvalue weighted by Crippen LogP contribution is 2.32. The van der Waals surface area contributed by atoms with Crippen LogP contribution in [0.25, 0.3) is 5.69 Å². The van der Waals surface area contributed by atoms with Gasteiger partial charge >= 0.3 is 6.18 Å². The molecule has 0 spiro atoms. The van der Waals surface area contributed by atoms with E-state index in [2.05, 4.69) is 10.3 Å². The molecule has 2 aromatic heterocycles. The van der Waals surface area contributed by atoms with Crippen LogP contribution in [0.5, 0.6) is 0 Å². The number of nitrogens with one attached hydrogen (secondary N) is 1. The second-order valence-electron chi connectivity index (χ2n) is 6.53. The molecule has 1 aromatic carbocycles. The van der Waals surface area contributed by atoms with Crippen LogP contribution >= 0.6 is 11.6 Å². The lowest BCUT2D eigenvalue weighted by atomic mass is 10.1. The third kappa shape index (κ3) is 3.52. The molecular formula is C20H14ClF3N4O2. The van der Waals surface area contributed by atoms with Crippen molar-refractivity contribution in [3.05, 3.63) is 76.7 Å². The first-order valence-corrected chi connectivity index (χ1v) is 9.24. The smallest absolute Gasteiger partial charge is 0.367 e. The number of nitrogens with zero attached hydrogens (tertiary/aromatic N) is 3. The molecule has 30 heavy (non-hydrogen) atoms. The average Bonchev–Trinajstić information content (AvgIpc) is 3.31. The van der Waals surface area contributed by atoms with E-state index in [-0.39, 0.29) is 23.9 Å². The van der Waals surface area contributed by atoms with E-state index in [1.165, 1.54) is 0 Å². The number of pyridine rings is 1.